The molecular formula is C11H14N2O3. The van der Waals surface area contributed by atoms with Gasteiger partial charge in [0.1, 0.15) is 6.21 Å². The molecule has 1 amide bonds. The zero-order chi connectivity index (χ0) is 12.2. The fourth-order valence-corrected chi connectivity index (χ4v) is 1.34. The van der Waals surface area contributed by atoms with E-state index in [9.17, 15) is 9.90 Å². The van der Waals surface area contributed by atoms with E-state index >= 15 is 0 Å². The molecule has 0 bridgehead atoms. The number of para-hydroxylation sites is 1. The van der Waals surface area contributed by atoms with Gasteiger partial charge in [-0.2, -0.15) is 0 Å². The number of aliphatic hydroxyl groups is 1. The number of nitrogens with zero attached hydrogens (tertiary/aromatic N) is 1. The predicted octanol–water partition coefficient (Wildman–Crippen LogP) is 1.31. The minimum Gasteiger partial charge on any atom is -0.411 e. The van der Waals surface area contributed by atoms with Gasteiger partial charge in [0.15, 0.2) is 0 Å². The second kappa shape index (κ2) is 4.76. The van der Waals surface area contributed by atoms with Crippen LogP contribution < -0.4 is 5.32 Å². The Bertz CT molecular complexity index is 408. The minimum absolute atomic E-state index is 0.486. The van der Waals surface area contributed by atoms with Crippen LogP contribution in [0.3, 0.4) is 0 Å². The zero-order valence-electron chi connectivity index (χ0n) is 9.14. The van der Waals surface area contributed by atoms with Gasteiger partial charge in [0.05, 0.1) is 5.60 Å². The van der Waals surface area contributed by atoms with Gasteiger partial charge in [0, 0.05) is 11.3 Å². The van der Waals surface area contributed by atoms with Gasteiger partial charge in [-0.3, -0.25) is 4.79 Å². The Labute approximate surface area is 93.4 Å². The molecule has 0 spiro atoms. The lowest BCUT2D eigenvalue weighted by atomic mass is 9.96. The summed E-state index contributed by atoms with van der Waals surface area (Å²) in [6.07, 6.45) is 0.751. The van der Waals surface area contributed by atoms with E-state index in [4.69, 9.17) is 5.21 Å². The van der Waals surface area contributed by atoms with E-state index < -0.39 is 11.5 Å². The molecule has 86 valence electrons. The van der Waals surface area contributed by atoms with E-state index in [1.54, 1.807) is 38.1 Å². The van der Waals surface area contributed by atoms with Crippen LogP contribution in [0.1, 0.15) is 19.4 Å². The van der Waals surface area contributed by atoms with Crippen LogP contribution in [0.25, 0.3) is 0 Å². The number of nitrogens with one attached hydrogen (secondary N) is 1. The highest BCUT2D eigenvalue weighted by atomic mass is 16.4. The topological polar surface area (TPSA) is 81.9 Å². The Morgan fingerprint density at radius 3 is 2.62 bits per heavy atom. The number of benzene rings is 1. The maximum Gasteiger partial charge on any atom is 0.270 e. The molecule has 0 aliphatic carbocycles. The lowest BCUT2D eigenvalue weighted by Gasteiger charge is -2.21. The lowest BCUT2D eigenvalue weighted by molar-refractivity contribution is -0.110. The van der Waals surface area contributed by atoms with Gasteiger partial charge in [-0.05, 0) is 19.9 Å². The van der Waals surface area contributed by atoms with Crippen molar-refractivity contribution in [3.05, 3.63) is 29.8 Å². The van der Waals surface area contributed by atoms with Crippen LogP contribution in [0.5, 0.6) is 0 Å². The Kier molecular flexibility index (Phi) is 3.63. The molecule has 0 heterocycles. The summed E-state index contributed by atoms with van der Waals surface area (Å²) in [4.78, 5) is 11.2. The normalized spacial score (nSPS) is 11.7. The highest BCUT2D eigenvalue weighted by molar-refractivity contribution is 6.31. The molecule has 1 rings (SSSR count). The van der Waals surface area contributed by atoms with Gasteiger partial charge < -0.3 is 15.6 Å². The van der Waals surface area contributed by atoms with E-state index in [0.717, 1.165) is 6.21 Å². The Morgan fingerprint density at radius 1 is 1.44 bits per heavy atom. The first-order valence-electron chi connectivity index (χ1n) is 4.75. The molecule has 0 saturated heterocycles. The zero-order valence-corrected chi connectivity index (χ0v) is 9.14. The molecule has 5 heteroatoms. The van der Waals surface area contributed by atoms with E-state index in [1.165, 1.54) is 0 Å². The summed E-state index contributed by atoms with van der Waals surface area (Å²) in [6, 6.07) is 6.88. The highest BCUT2D eigenvalue weighted by Gasteiger charge is 2.20. The Morgan fingerprint density at radius 2 is 2.06 bits per heavy atom. The smallest absolute Gasteiger partial charge is 0.270 e. The van der Waals surface area contributed by atoms with E-state index in [-0.39, 0.29) is 0 Å². The molecule has 0 radical (unpaired) electrons. The Balaban J connectivity index is 3.01. The van der Waals surface area contributed by atoms with Crippen molar-refractivity contribution in [1.29, 1.82) is 0 Å². The largest absolute Gasteiger partial charge is 0.411 e. The second-order valence-corrected chi connectivity index (χ2v) is 3.84. The number of carbonyl (C=O) groups excluding carboxylic acids is 1. The molecule has 0 aliphatic rings. The quantitative estimate of drug-likeness (QED) is 0.409. The predicted molar refractivity (Wildman–Crippen MR) is 60.6 cm³/mol. The minimum atomic E-state index is -1.06. The molecule has 0 aliphatic heterocycles. The SMILES string of the molecule is CC(C)(O)c1ccccc1NC(=O)C=NO. The third-order valence-electron chi connectivity index (χ3n) is 2.02. The van der Waals surface area contributed by atoms with Crippen LogP contribution in [-0.4, -0.2) is 22.4 Å². The van der Waals surface area contributed by atoms with Crippen LogP contribution in [0.4, 0.5) is 5.69 Å². The van der Waals surface area contributed by atoms with Crippen molar-refractivity contribution in [3.8, 4) is 0 Å². The van der Waals surface area contributed by atoms with Crippen LogP contribution in [0, 0.1) is 0 Å². The van der Waals surface area contributed by atoms with Crippen LogP contribution in [0.15, 0.2) is 29.4 Å². The van der Waals surface area contributed by atoms with E-state index in [1.807, 2.05) is 0 Å². The summed E-state index contributed by atoms with van der Waals surface area (Å²) < 4.78 is 0. The fourth-order valence-electron chi connectivity index (χ4n) is 1.34. The third-order valence-corrected chi connectivity index (χ3v) is 2.02. The summed E-state index contributed by atoms with van der Waals surface area (Å²) in [5, 5.41) is 23.2. The molecule has 16 heavy (non-hydrogen) atoms. The van der Waals surface area contributed by atoms with Gasteiger partial charge in [-0.15, -0.1) is 0 Å². The van der Waals surface area contributed by atoms with Crippen LogP contribution in [0.2, 0.25) is 0 Å². The first kappa shape index (κ1) is 12.2. The van der Waals surface area contributed by atoms with Crippen molar-refractivity contribution in [2.24, 2.45) is 5.16 Å². The first-order valence-corrected chi connectivity index (χ1v) is 4.75. The van der Waals surface area contributed by atoms with Crippen LogP contribution in [-0.2, 0) is 10.4 Å². The van der Waals surface area contributed by atoms with Crippen molar-refractivity contribution in [2.45, 2.75) is 19.4 Å². The number of anilines is 1. The van der Waals surface area contributed by atoms with Crippen molar-refractivity contribution >= 4 is 17.8 Å². The van der Waals surface area contributed by atoms with Crippen molar-refractivity contribution in [1.82, 2.24) is 0 Å². The molecule has 5 nitrogen and oxygen atoms in total. The maximum absolute atomic E-state index is 11.2. The molecule has 1 aromatic rings. The van der Waals surface area contributed by atoms with Crippen molar-refractivity contribution in [3.63, 3.8) is 0 Å². The Hall–Kier alpha value is -1.88. The number of carbonyl (C=O) groups is 1. The summed E-state index contributed by atoms with van der Waals surface area (Å²) in [5.74, 6) is -0.556. The molecule has 1 aromatic carbocycles. The average molecular weight is 222 g/mol. The summed E-state index contributed by atoms with van der Waals surface area (Å²) in [5.41, 5.74) is 0.0230. The number of oxime groups is 1. The second-order valence-electron chi connectivity index (χ2n) is 3.84. The van der Waals surface area contributed by atoms with Gasteiger partial charge >= 0.3 is 0 Å². The van der Waals surface area contributed by atoms with E-state index in [2.05, 4.69) is 10.5 Å². The summed E-state index contributed by atoms with van der Waals surface area (Å²) in [6.45, 7) is 3.25. The number of rotatable bonds is 3. The molecule has 0 aromatic heterocycles. The fraction of sp³-hybridized carbons (Fsp3) is 0.273. The molecule has 3 N–H and O–H groups in total. The first-order chi connectivity index (χ1) is 7.45. The number of hydrogen-bond acceptors (Lipinski definition) is 4. The van der Waals surface area contributed by atoms with Gasteiger partial charge in [-0.25, -0.2) is 0 Å². The summed E-state index contributed by atoms with van der Waals surface area (Å²) in [7, 11) is 0. The number of amides is 1. The molecule has 0 unspecified atom stereocenters. The lowest BCUT2D eigenvalue weighted by Crippen LogP contribution is -2.21. The van der Waals surface area contributed by atoms with Crippen LogP contribution >= 0.6 is 0 Å². The van der Waals surface area contributed by atoms with Crippen molar-refractivity contribution in [2.75, 3.05) is 5.32 Å². The summed E-state index contributed by atoms with van der Waals surface area (Å²) >= 11 is 0. The number of hydrogen-bond donors (Lipinski definition) is 3. The van der Waals surface area contributed by atoms with Gasteiger partial charge in [-0.1, -0.05) is 23.4 Å². The molecule has 0 saturated carbocycles. The molecule has 0 fully saturated rings. The van der Waals surface area contributed by atoms with Crippen molar-refractivity contribution < 1.29 is 15.1 Å². The standard InChI is InChI=1S/C11H14N2O3/c1-11(2,15)8-5-3-4-6-9(8)13-10(14)7-12-16/h3-7,15-16H,1-2H3,(H,13,14). The van der Waals surface area contributed by atoms with Gasteiger partial charge in [0.2, 0.25) is 0 Å². The maximum atomic E-state index is 11.2. The molecule has 0 atom stereocenters. The highest BCUT2D eigenvalue weighted by Crippen LogP contribution is 2.27. The van der Waals surface area contributed by atoms with Gasteiger partial charge in [0.25, 0.3) is 5.91 Å². The van der Waals surface area contributed by atoms with E-state index in [0.29, 0.717) is 11.3 Å². The monoisotopic (exact) mass is 222 g/mol. The third kappa shape index (κ3) is 3.06. The molecular weight excluding hydrogens is 208 g/mol. The average Bonchev–Trinajstić information content (AvgIpc) is 2.17.